The smallest absolute Gasteiger partial charge is 0.296 e. The predicted molar refractivity (Wildman–Crippen MR) is 125 cm³/mol. The molecule has 1 aliphatic carbocycles. The second-order valence-electron chi connectivity index (χ2n) is 8.89. The molecule has 2 unspecified atom stereocenters. The van der Waals surface area contributed by atoms with Crippen molar-refractivity contribution in [3.63, 3.8) is 0 Å². The standard InChI is InChI=1S/C25H25N3O5S/c1-16-26-24(27-33-16)18-12-14-19(15-13-18)28-21(17-8-4-2-5-9-17)23(22(29)25(28)30)34(31,32)20-10-6-3-7-11-20/h3,6-7,10-15,17,21,23H,2,4-5,8-9H2,1H3. The Bertz CT molecular complexity index is 1310. The number of sulfone groups is 1. The van der Waals surface area contributed by atoms with Gasteiger partial charge in [0.15, 0.2) is 15.1 Å². The molecule has 2 aliphatic rings. The summed E-state index contributed by atoms with van der Waals surface area (Å²) in [5.41, 5.74) is 1.19. The first-order chi connectivity index (χ1) is 16.4. The highest BCUT2D eigenvalue weighted by molar-refractivity contribution is 7.93. The summed E-state index contributed by atoms with van der Waals surface area (Å²) in [4.78, 5) is 32.2. The number of nitrogens with zero attached hydrogens (tertiary/aromatic N) is 3. The molecule has 2 atom stereocenters. The number of amides is 1. The van der Waals surface area contributed by atoms with E-state index in [2.05, 4.69) is 10.1 Å². The summed E-state index contributed by atoms with van der Waals surface area (Å²) in [5.74, 6) is -0.861. The zero-order chi connectivity index (χ0) is 23.9. The molecule has 3 aromatic rings. The van der Waals surface area contributed by atoms with Gasteiger partial charge < -0.3 is 9.42 Å². The van der Waals surface area contributed by atoms with E-state index in [4.69, 9.17) is 4.52 Å². The van der Waals surface area contributed by atoms with Crippen molar-refractivity contribution in [3.05, 3.63) is 60.5 Å². The Balaban J connectivity index is 1.57. The molecule has 176 valence electrons. The second kappa shape index (κ2) is 8.79. The third-order valence-corrected chi connectivity index (χ3v) is 8.86. The minimum atomic E-state index is -4.05. The van der Waals surface area contributed by atoms with Crippen LogP contribution in [0.4, 0.5) is 5.69 Å². The largest absolute Gasteiger partial charge is 0.339 e. The van der Waals surface area contributed by atoms with E-state index in [0.717, 1.165) is 32.1 Å². The molecule has 0 spiro atoms. The van der Waals surface area contributed by atoms with E-state index in [9.17, 15) is 18.0 Å². The number of aromatic nitrogens is 2. The van der Waals surface area contributed by atoms with Gasteiger partial charge in [-0.25, -0.2) is 8.42 Å². The van der Waals surface area contributed by atoms with Crippen LogP contribution in [0.15, 0.2) is 64.0 Å². The van der Waals surface area contributed by atoms with Gasteiger partial charge in [0.05, 0.1) is 10.9 Å². The Hall–Kier alpha value is -3.33. The Morgan fingerprint density at radius 3 is 2.24 bits per heavy atom. The maximum atomic E-state index is 13.6. The minimum Gasteiger partial charge on any atom is -0.339 e. The van der Waals surface area contributed by atoms with Crippen LogP contribution in [0.1, 0.15) is 38.0 Å². The number of benzene rings is 2. The van der Waals surface area contributed by atoms with Gasteiger partial charge in [-0.1, -0.05) is 42.6 Å². The molecular weight excluding hydrogens is 454 g/mol. The molecule has 0 bridgehead atoms. The molecule has 1 saturated heterocycles. The van der Waals surface area contributed by atoms with Gasteiger partial charge in [-0.2, -0.15) is 4.98 Å². The van der Waals surface area contributed by atoms with Crippen molar-refractivity contribution in [2.24, 2.45) is 5.92 Å². The Labute approximate surface area is 197 Å². The highest BCUT2D eigenvalue weighted by atomic mass is 32.2. The van der Waals surface area contributed by atoms with Crippen LogP contribution >= 0.6 is 0 Å². The van der Waals surface area contributed by atoms with Gasteiger partial charge >= 0.3 is 0 Å². The Morgan fingerprint density at radius 2 is 1.62 bits per heavy atom. The zero-order valence-electron chi connectivity index (χ0n) is 18.8. The van der Waals surface area contributed by atoms with Gasteiger partial charge in [0.25, 0.3) is 5.91 Å². The lowest BCUT2D eigenvalue weighted by Crippen LogP contribution is -2.46. The minimum absolute atomic E-state index is 0.0617. The number of aryl methyl sites for hydroxylation is 1. The fourth-order valence-electron chi connectivity index (χ4n) is 5.16. The molecule has 2 aromatic carbocycles. The fourth-order valence-corrected chi connectivity index (χ4v) is 7.08. The Morgan fingerprint density at radius 1 is 0.941 bits per heavy atom. The summed E-state index contributed by atoms with van der Waals surface area (Å²) in [6.45, 7) is 1.70. The van der Waals surface area contributed by atoms with Crippen molar-refractivity contribution < 1.29 is 22.5 Å². The second-order valence-corrected chi connectivity index (χ2v) is 11.0. The lowest BCUT2D eigenvalue weighted by molar-refractivity contribution is -0.133. The van der Waals surface area contributed by atoms with Crippen molar-refractivity contribution in [2.45, 2.75) is 55.2 Å². The van der Waals surface area contributed by atoms with Crippen LogP contribution < -0.4 is 4.90 Å². The molecule has 2 heterocycles. The van der Waals surface area contributed by atoms with Gasteiger partial charge in [0.1, 0.15) is 0 Å². The van der Waals surface area contributed by atoms with Crippen LogP contribution in [0.25, 0.3) is 11.4 Å². The van der Waals surface area contributed by atoms with Gasteiger partial charge in [-0.15, -0.1) is 0 Å². The van der Waals surface area contributed by atoms with Gasteiger partial charge in [-0.3, -0.25) is 9.59 Å². The highest BCUT2D eigenvalue weighted by Gasteiger charge is 2.57. The van der Waals surface area contributed by atoms with E-state index < -0.39 is 32.8 Å². The molecule has 9 heteroatoms. The molecule has 1 saturated carbocycles. The first-order valence-electron chi connectivity index (χ1n) is 11.4. The predicted octanol–water partition coefficient (Wildman–Crippen LogP) is 3.75. The lowest BCUT2D eigenvalue weighted by atomic mass is 9.82. The number of Topliss-reactive ketones (excluding diaryl/α,β-unsaturated/α-hetero) is 1. The van der Waals surface area contributed by atoms with Crippen LogP contribution in [0.3, 0.4) is 0 Å². The lowest BCUT2D eigenvalue weighted by Gasteiger charge is -2.36. The molecular formula is C25H25N3O5S. The van der Waals surface area contributed by atoms with Crippen LogP contribution in [-0.4, -0.2) is 41.5 Å². The van der Waals surface area contributed by atoms with Gasteiger partial charge in [0.2, 0.25) is 17.5 Å². The van der Waals surface area contributed by atoms with E-state index in [0.29, 0.717) is 23.0 Å². The maximum Gasteiger partial charge on any atom is 0.296 e. The summed E-state index contributed by atoms with van der Waals surface area (Å²) < 4.78 is 32.3. The molecule has 0 N–H and O–H groups in total. The average Bonchev–Trinajstić information content (AvgIpc) is 3.41. The average molecular weight is 480 g/mol. The molecule has 2 fully saturated rings. The van der Waals surface area contributed by atoms with Crippen molar-refractivity contribution in [3.8, 4) is 11.4 Å². The third-order valence-electron chi connectivity index (χ3n) is 6.77. The molecule has 34 heavy (non-hydrogen) atoms. The summed E-state index contributed by atoms with van der Waals surface area (Å²) in [6.07, 6.45) is 4.53. The molecule has 1 aromatic heterocycles. The Kier molecular flexibility index (Phi) is 5.81. The molecule has 5 rings (SSSR count). The number of carbonyl (C=O) groups is 2. The highest BCUT2D eigenvalue weighted by Crippen LogP contribution is 2.40. The normalized spacial score (nSPS) is 21.9. The SMILES string of the molecule is Cc1nc(-c2ccc(N3C(=O)C(=O)C(S(=O)(=O)c4ccccc4)C3C3CCCCC3)cc2)no1. The summed E-state index contributed by atoms with van der Waals surface area (Å²) >= 11 is 0. The summed E-state index contributed by atoms with van der Waals surface area (Å²) in [5, 5.41) is 2.48. The van der Waals surface area contributed by atoms with Crippen LogP contribution in [0.5, 0.6) is 0 Å². The molecule has 8 nitrogen and oxygen atoms in total. The quantitative estimate of drug-likeness (QED) is 0.513. The first-order valence-corrected chi connectivity index (χ1v) is 13.0. The van der Waals surface area contributed by atoms with Crippen LogP contribution in [-0.2, 0) is 19.4 Å². The van der Waals surface area contributed by atoms with E-state index in [-0.39, 0.29) is 10.8 Å². The number of carbonyl (C=O) groups excluding carboxylic acids is 2. The van der Waals surface area contributed by atoms with Gasteiger partial charge in [0, 0.05) is 18.2 Å². The van der Waals surface area contributed by atoms with Crippen molar-refractivity contribution in [1.29, 1.82) is 0 Å². The first kappa shape index (κ1) is 22.5. The fraction of sp³-hybridized carbons (Fsp3) is 0.360. The number of hydrogen-bond donors (Lipinski definition) is 0. The van der Waals surface area contributed by atoms with E-state index in [1.54, 1.807) is 49.4 Å². The van der Waals surface area contributed by atoms with Crippen molar-refractivity contribution >= 4 is 27.2 Å². The van der Waals surface area contributed by atoms with Crippen LogP contribution in [0, 0.1) is 12.8 Å². The number of rotatable bonds is 5. The topological polar surface area (TPSA) is 110 Å². The summed E-state index contributed by atoms with van der Waals surface area (Å²) in [6, 6.07) is 14.1. The zero-order valence-corrected chi connectivity index (χ0v) is 19.6. The monoisotopic (exact) mass is 479 g/mol. The molecule has 0 radical (unpaired) electrons. The third kappa shape index (κ3) is 3.83. The maximum absolute atomic E-state index is 13.6. The van der Waals surface area contributed by atoms with E-state index in [1.165, 1.54) is 17.0 Å². The van der Waals surface area contributed by atoms with E-state index in [1.807, 2.05) is 0 Å². The molecule has 1 amide bonds. The molecule has 1 aliphatic heterocycles. The van der Waals surface area contributed by atoms with Crippen molar-refractivity contribution in [2.75, 3.05) is 4.90 Å². The van der Waals surface area contributed by atoms with Gasteiger partial charge in [-0.05, 0) is 55.2 Å². The van der Waals surface area contributed by atoms with Crippen molar-refractivity contribution in [1.82, 2.24) is 10.1 Å². The number of hydrogen-bond acceptors (Lipinski definition) is 7. The number of ketones is 1. The number of anilines is 1. The van der Waals surface area contributed by atoms with E-state index >= 15 is 0 Å². The van der Waals surface area contributed by atoms with Crippen LogP contribution in [0.2, 0.25) is 0 Å². The summed E-state index contributed by atoms with van der Waals surface area (Å²) in [7, 11) is -4.05.